The number of nitrogens with one attached hydrogen (secondary N) is 1. The van der Waals surface area contributed by atoms with Gasteiger partial charge in [0.15, 0.2) is 5.13 Å². The summed E-state index contributed by atoms with van der Waals surface area (Å²) in [4.78, 5) is 29.6. The summed E-state index contributed by atoms with van der Waals surface area (Å²) in [5, 5.41) is 13.6. The van der Waals surface area contributed by atoms with E-state index in [1.165, 1.54) is 18.4 Å². The van der Waals surface area contributed by atoms with E-state index in [2.05, 4.69) is 10.3 Å². The number of aromatic nitrogens is 1. The molecule has 0 spiro atoms. The minimum absolute atomic E-state index is 0.117. The summed E-state index contributed by atoms with van der Waals surface area (Å²) in [5.41, 5.74) is 0.803. The highest BCUT2D eigenvalue weighted by Gasteiger charge is 2.21. The van der Waals surface area contributed by atoms with Crippen LogP contribution in [0.2, 0.25) is 0 Å². The Bertz CT molecular complexity index is 1190. The van der Waals surface area contributed by atoms with E-state index in [1.54, 1.807) is 0 Å². The van der Waals surface area contributed by atoms with Crippen molar-refractivity contribution >= 4 is 40.0 Å². The Balaban J connectivity index is 1.81. The van der Waals surface area contributed by atoms with Gasteiger partial charge in [0.1, 0.15) is 23.3 Å². The van der Waals surface area contributed by atoms with Crippen molar-refractivity contribution in [2.75, 3.05) is 4.90 Å². The van der Waals surface area contributed by atoms with Crippen molar-refractivity contribution in [3.8, 4) is 6.07 Å². The molecule has 31 heavy (non-hydrogen) atoms. The van der Waals surface area contributed by atoms with Crippen LogP contribution in [0.15, 0.2) is 59.5 Å². The molecule has 156 valence electrons. The summed E-state index contributed by atoms with van der Waals surface area (Å²) < 4.78 is 27.4. The Labute approximate surface area is 181 Å². The molecular weight excluding hydrogens is 422 g/mol. The van der Waals surface area contributed by atoms with Crippen LogP contribution in [0.25, 0.3) is 6.08 Å². The highest BCUT2D eigenvalue weighted by Crippen LogP contribution is 2.31. The first-order chi connectivity index (χ1) is 14.9. The first-order valence-corrected chi connectivity index (χ1v) is 9.92. The molecule has 0 fully saturated rings. The van der Waals surface area contributed by atoms with Gasteiger partial charge in [-0.15, -0.1) is 11.3 Å². The minimum atomic E-state index is -0.916. The van der Waals surface area contributed by atoms with Gasteiger partial charge in [0.25, 0.3) is 5.91 Å². The SMILES string of the molecule is CC(=O)N(c1nc(/C=C(\C#N)C(=O)NCc2ccccc2)cs1)c1ccc(F)cc1F. The van der Waals surface area contributed by atoms with Crippen LogP contribution in [0.3, 0.4) is 0 Å². The van der Waals surface area contributed by atoms with Gasteiger partial charge in [-0.2, -0.15) is 5.26 Å². The zero-order valence-electron chi connectivity index (χ0n) is 16.3. The van der Waals surface area contributed by atoms with Gasteiger partial charge in [0.05, 0.1) is 11.4 Å². The normalized spacial score (nSPS) is 11.0. The van der Waals surface area contributed by atoms with Gasteiger partial charge in [0, 0.05) is 24.9 Å². The van der Waals surface area contributed by atoms with E-state index in [0.717, 1.165) is 33.9 Å². The van der Waals surface area contributed by atoms with Crippen LogP contribution in [0.5, 0.6) is 0 Å². The van der Waals surface area contributed by atoms with E-state index in [4.69, 9.17) is 0 Å². The van der Waals surface area contributed by atoms with Crippen molar-refractivity contribution in [3.63, 3.8) is 0 Å². The van der Waals surface area contributed by atoms with Gasteiger partial charge in [0.2, 0.25) is 5.91 Å². The van der Waals surface area contributed by atoms with E-state index in [0.29, 0.717) is 6.07 Å². The molecule has 0 aliphatic rings. The second-order valence-corrected chi connectivity index (χ2v) is 7.18. The molecular formula is C22H16F2N4O2S. The Kier molecular flexibility index (Phi) is 6.85. The van der Waals surface area contributed by atoms with Crippen LogP contribution in [-0.4, -0.2) is 16.8 Å². The molecule has 1 N–H and O–H groups in total. The lowest BCUT2D eigenvalue weighted by molar-refractivity contribution is -0.117. The largest absolute Gasteiger partial charge is 0.347 e. The predicted molar refractivity (Wildman–Crippen MR) is 113 cm³/mol. The van der Waals surface area contributed by atoms with Gasteiger partial charge >= 0.3 is 0 Å². The second-order valence-electron chi connectivity index (χ2n) is 6.34. The molecule has 0 unspecified atom stereocenters. The molecule has 3 aromatic rings. The van der Waals surface area contributed by atoms with Crippen LogP contribution >= 0.6 is 11.3 Å². The van der Waals surface area contributed by atoms with Crippen molar-refractivity contribution in [3.05, 3.63) is 82.4 Å². The molecule has 3 rings (SSSR count). The summed E-state index contributed by atoms with van der Waals surface area (Å²) in [5.74, 6) is -2.79. The number of hydrogen-bond acceptors (Lipinski definition) is 5. The van der Waals surface area contributed by atoms with Crippen molar-refractivity contribution in [1.29, 1.82) is 5.26 Å². The smallest absolute Gasteiger partial charge is 0.262 e. The molecule has 2 amide bonds. The summed E-state index contributed by atoms with van der Waals surface area (Å²) in [7, 11) is 0. The van der Waals surface area contributed by atoms with Gasteiger partial charge in [-0.05, 0) is 23.8 Å². The van der Waals surface area contributed by atoms with E-state index in [9.17, 15) is 23.6 Å². The maximum Gasteiger partial charge on any atom is 0.262 e. The molecule has 0 bridgehead atoms. The third kappa shape index (κ3) is 5.38. The Morgan fingerprint density at radius 1 is 1.23 bits per heavy atom. The molecule has 0 saturated carbocycles. The Morgan fingerprint density at radius 2 is 1.97 bits per heavy atom. The Morgan fingerprint density at radius 3 is 2.61 bits per heavy atom. The van der Waals surface area contributed by atoms with Gasteiger partial charge < -0.3 is 5.32 Å². The number of nitrogens with zero attached hydrogens (tertiary/aromatic N) is 3. The number of thiazole rings is 1. The van der Waals surface area contributed by atoms with E-state index in [-0.39, 0.29) is 28.6 Å². The number of halogens is 2. The number of rotatable bonds is 6. The molecule has 0 saturated heterocycles. The van der Waals surface area contributed by atoms with E-state index < -0.39 is 23.4 Å². The number of anilines is 2. The topological polar surface area (TPSA) is 86.1 Å². The highest BCUT2D eigenvalue weighted by molar-refractivity contribution is 7.14. The molecule has 0 aliphatic carbocycles. The first kappa shape index (κ1) is 21.8. The standard InChI is InChI=1S/C22H16F2N4O2S/c1-14(29)28(20-8-7-17(23)10-19(20)24)22-27-18(13-31-22)9-16(11-25)21(30)26-12-15-5-3-2-4-6-15/h2-10,13H,12H2,1H3,(H,26,30)/b16-9+. The number of hydrogen-bond donors (Lipinski definition) is 1. The van der Waals surface area contributed by atoms with E-state index >= 15 is 0 Å². The third-order valence-electron chi connectivity index (χ3n) is 4.12. The second kappa shape index (κ2) is 9.73. The number of carbonyl (C=O) groups is 2. The summed E-state index contributed by atoms with van der Waals surface area (Å²) in [6.07, 6.45) is 1.28. The van der Waals surface area contributed by atoms with Crippen LogP contribution < -0.4 is 10.2 Å². The lowest BCUT2D eigenvalue weighted by Gasteiger charge is -2.18. The zero-order valence-corrected chi connectivity index (χ0v) is 17.1. The fourth-order valence-corrected chi connectivity index (χ4v) is 3.52. The fourth-order valence-electron chi connectivity index (χ4n) is 2.69. The molecule has 0 radical (unpaired) electrons. The highest BCUT2D eigenvalue weighted by atomic mass is 32.1. The lowest BCUT2D eigenvalue weighted by Crippen LogP contribution is -2.24. The number of benzene rings is 2. The predicted octanol–water partition coefficient (Wildman–Crippen LogP) is 4.33. The van der Waals surface area contributed by atoms with Crippen molar-refractivity contribution in [1.82, 2.24) is 10.3 Å². The van der Waals surface area contributed by atoms with Crippen molar-refractivity contribution in [2.45, 2.75) is 13.5 Å². The van der Waals surface area contributed by atoms with Crippen LogP contribution in [0.4, 0.5) is 19.6 Å². The molecule has 9 heteroatoms. The molecule has 0 aliphatic heterocycles. The van der Waals surface area contributed by atoms with Crippen molar-refractivity contribution in [2.24, 2.45) is 0 Å². The van der Waals surface area contributed by atoms with Crippen LogP contribution in [0.1, 0.15) is 18.2 Å². The number of carbonyl (C=O) groups excluding carboxylic acids is 2. The summed E-state index contributed by atoms with van der Waals surface area (Å²) in [6, 6.07) is 13.9. The number of nitriles is 1. The summed E-state index contributed by atoms with van der Waals surface area (Å²) in [6.45, 7) is 1.47. The molecule has 2 aromatic carbocycles. The van der Waals surface area contributed by atoms with Gasteiger partial charge in [-0.25, -0.2) is 13.8 Å². The first-order valence-electron chi connectivity index (χ1n) is 9.04. The monoisotopic (exact) mass is 438 g/mol. The quantitative estimate of drug-likeness (QED) is 0.459. The van der Waals surface area contributed by atoms with E-state index in [1.807, 2.05) is 36.4 Å². The molecule has 1 aromatic heterocycles. The van der Waals surface area contributed by atoms with Crippen molar-refractivity contribution < 1.29 is 18.4 Å². The lowest BCUT2D eigenvalue weighted by atomic mass is 10.2. The third-order valence-corrected chi connectivity index (χ3v) is 4.96. The Hall–Kier alpha value is -3.90. The van der Waals surface area contributed by atoms with Crippen LogP contribution in [-0.2, 0) is 16.1 Å². The maximum atomic E-state index is 14.2. The average molecular weight is 438 g/mol. The minimum Gasteiger partial charge on any atom is -0.347 e. The molecule has 1 heterocycles. The molecule has 0 atom stereocenters. The van der Waals surface area contributed by atoms with Crippen LogP contribution in [0, 0.1) is 23.0 Å². The summed E-state index contributed by atoms with van der Waals surface area (Å²) >= 11 is 1.02. The zero-order chi connectivity index (χ0) is 22.4. The molecule has 6 nitrogen and oxygen atoms in total. The number of amides is 2. The average Bonchev–Trinajstić information content (AvgIpc) is 3.20. The fraction of sp³-hybridized carbons (Fsp3) is 0.0909. The van der Waals surface area contributed by atoms with Gasteiger partial charge in [-0.1, -0.05) is 30.3 Å². The van der Waals surface area contributed by atoms with Gasteiger partial charge in [-0.3, -0.25) is 14.5 Å². The maximum absolute atomic E-state index is 14.2.